The third kappa shape index (κ3) is 3.56. The molecule has 118 valence electrons. The first kappa shape index (κ1) is 16.3. The largest absolute Gasteiger partial charge is 0.497 e. The molecule has 21 heavy (non-hydrogen) atoms. The molecule has 1 saturated heterocycles. The number of nitrogens with one attached hydrogen (secondary N) is 1. The third-order valence-corrected chi connectivity index (χ3v) is 5.88. The smallest absolute Gasteiger partial charge is 0.243 e. The van der Waals surface area contributed by atoms with Crippen molar-refractivity contribution in [3.05, 3.63) is 23.8 Å². The van der Waals surface area contributed by atoms with E-state index in [1.165, 1.54) is 0 Å². The van der Waals surface area contributed by atoms with Gasteiger partial charge >= 0.3 is 0 Å². The number of sulfonamides is 1. The van der Waals surface area contributed by atoms with E-state index in [1.807, 2.05) is 13.1 Å². The highest BCUT2D eigenvalue weighted by atomic mass is 32.2. The van der Waals surface area contributed by atoms with Gasteiger partial charge in [0.05, 0.1) is 12.0 Å². The van der Waals surface area contributed by atoms with Gasteiger partial charge < -0.3 is 10.1 Å². The summed E-state index contributed by atoms with van der Waals surface area (Å²) in [7, 11) is 0.0407. The highest BCUT2D eigenvalue weighted by Crippen LogP contribution is 2.28. The molecule has 1 unspecified atom stereocenters. The number of nitrogens with zero attached hydrogens (tertiary/aromatic N) is 1. The molecule has 0 bridgehead atoms. The van der Waals surface area contributed by atoms with E-state index >= 15 is 0 Å². The van der Waals surface area contributed by atoms with Crippen molar-refractivity contribution in [1.82, 2.24) is 9.62 Å². The van der Waals surface area contributed by atoms with Crippen LogP contribution in [0.4, 0.5) is 0 Å². The van der Waals surface area contributed by atoms with Crippen LogP contribution in [0.1, 0.15) is 18.9 Å². The number of hydrogen-bond acceptors (Lipinski definition) is 4. The molecule has 5 nitrogen and oxygen atoms in total. The number of benzene rings is 1. The van der Waals surface area contributed by atoms with Crippen molar-refractivity contribution < 1.29 is 13.2 Å². The van der Waals surface area contributed by atoms with Crippen LogP contribution in [-0.4, -0.2) is 46.5 Å². The van der Waals surface area contributed by atoms with Gasteiger partial charge in [-0.25, -0.2) is 8.42 Å². The molecule has 1 N–H and O–H groups in total. The van der Waals surface area contributed by atoms with Crippen molar-refractivity contribution in [2.75, 3.05) is 33.8 Å². The summed E-state index contributed by atoms with van der Waals surface area (Å²) in [5.74, 6) is 1.12. The van der Waals surface area contributed by atoms with Gasteiger partial charge in [0.15, 0.2) is 0 Å². The van der Waals surface area contributed by atoms with Crippen molar-refractivity contribution in [2.24, 2.45) is 5.92 Å². The summed E-state index contributed by atoms with van der Waals surface area (Å²) >= 11 is 0. The normalized spacial score (nSPS) is 19.9. The molecule has 1 aromatic rings. The van der Waals surface area contributed by atoms with Gasteiger partial charge in [-0.05, 0) is 56.1 Å². The zero-order valence-electron chi connectivity index (χ0n) is 12.9. The van der Waals surface area contributed by atoms with Crippen LogP contribution in [-0.2, 0) is 16.4 Å². The maximum atomic E-state index is 12.8. The Morgan fingerprint density at radius 1 is 1.43 bits per heavy atom. The molecule has 1 aromatic carbocycles. The van der Waals surface area contributed by atoms with Crippen molar-refractivity contribution in [2.45, 2.75) is 24.7 Å². The Balaban J connectivity index is 2.36. The van der Waals surface area contributed by atoms with E-state index < -0.39 is 10.0 Å². The molecule has 0 radical (unpaired) electrons. The van der Waals surface area contributed by atoms with E-state index in [0.29, 0.717) is 36.1 Å². The summed E-state index contributed by atoms with van der Waals surface area (Å²) in [4.78, 5) is 0.410. The zero-order valence-corrected chi connectivity index (χ0v) is 13.7. The molecular formula is C15H24N2O3S. The maximum absolute atomic E-state index is 12.8. The average Bonchev–Trinajstić information content (AvgIpc) is 2.92. The van der Waals surface area contributed by atoms with Gasteiger partial charge in [0.25, 0.3) is 0 Å². The summed E-state index contributed by atoms with van der Waals surface area (Å²) in [6, 6.07) is 5.21. The SMILES string of the molecule is CNCCc1cc(OC)ccc1S(=O)(=O)N1CCC(C)C1. The summed E-state index contributed by atoms with van der Waals surface area (Å²) in [6.07, 6.45) is 1.59. The maximum Gasteiger partial charge on any atom is 0.243 e. The standard InChI is InChI=1S/C15H24N2O3S/c1-12-7-9-17(11-12)21(18,19)15-5-4-14(20-3)10-13(15)6-8-16-2/h4-5,10,12,16H,6-9,11H2,1-3H3. The van der Waals surface area contributed by atoms with Gasteiger partial charge in [-0.1, -0.05) is 6.92 Å². The molecule has 1 aliphatic heterocycles. The van der Waals surface area contributed by atoms with Crippen LogP contribution in [0.15, 0.2) is 23.1 Å². The lowest BCUT2D eigenvalue weighted by molar-refractivity contribution is 0.413. The molecule has 2 rings (SSSR count). The van der Waals surface area contributed by atoms with Gasteiger partial charge in [0.1, 0.15) is 5.75 Å². The molecule has 0 saturated carbocycles. The molecule has 0 aromatic heterocycles. The fourth-order valence-electron chi connectivity index (χ4n) is 2.64. The van der Waals surface area contributed by atoms with Crippen molar-refractivity contribution >= 4 is 10.0 Å². The number of methoxy groups -OCH3 is 1. The number of rotatable bonds is 6. The van der Waals surface area contributed by atoms with Crippen LogP contribution in [0.5, 0.6) is 5.75 Å². The van der Waals surface area contributed by atoms with Gasteiger partial charge in [-0.3, -0.25) is 0 Å². The monoisotopic (exact) mass is 312 g/mol. The topological polar surface area (TPSA) is 58.6 Å². The minimum Gasteiger partial charge on any atom is -0.497 e. The second-order valence-corrected chi connectivity index (χ2v) is 7.49. The minimum atomic E-state index is -3.41. The molecule has 0 amide bonds. The Morgan fingerprint density at radius 3 is 2.76 bits per heavy atom. The molecule has 1 atom stereocenters. The van der Waals surface area contributed by atoms with Crippen molar-refractivity contribution in [3.63, 3.8) is 0 Å². The van der Waals surface area contributed by atoms with Crippen LogP contribution in [0.2, 0.25) is 0 Å². The summed E-state index contributed by atoms with van der Waals surface area (Å²) in [6.45, 7) is 4.04. The zero-order chi connectivity index (χ0) is 15.5. The highest BCUT2D eigenvalue weighted by Gasteiger charge is 2.32. The van der Waals surface area contributed by atoms with E-state index in [9.17, 15) is 8.42 Å². The quantitative estimate of drug-likeness (QED) is 0.864. The Bertz CT molecular complexity index is 587. The second-order valence-electron chi connectivity index (χ2n) is 5.58. The van der Waals surface area contributed by atoms with Crippen LogP contribution in [0, 0.1) is 5.92 Å². The van der Waals surface area contributed by atoms with Crippen molar-refractivity contribution in [3.8, 4) is 5.75 Å². The van der Waals surface area contributed by atoms with Gasteiger partial charge in [-0.15, -0.1) is 0 Å². The van der Waals surface area contributed by atoms with Crippen LogP contribution in [0.25, 0.3) is 0 Å². The summed E-state index contributed by atoms with van der Waals surface area (Å²) in [5, 5.41) is 3.06. The second kappa shape index (κ2) is 6.77. The molecule has 1 fully saturated rings. The lowest BCUT2D eigenvalue weighted by atomic mass is 10.1. The first-order chi connectivity index (χ1) is 9.98. The first-order valence-corrected chi connectivity index (χ1v) is 8.74. The Hall–Kier alpha value is -1.11. The molecule has 1 heterocycles. The molecule has 1 aliphatic rings. The van der Waals surface area contributed by atoms with Crippen LogP contribution in [0.3, 0.4) is 0 Å². The average molecular weight is 312 g/mol. The first-order valence-electron chi connectivity index (χ1n) is 7.30. The van der Waals surface area contributed by atoms with Gasteiger partial charge in [-0.2, -0.15) is 4.31 Å². The van der Waals surface area contributed by atoms with Gasteiger partial charge in [0.2, 0.25) is 10.0 Å². The van der Waals surface area contributed by atoms with Crippen molar-refractivity contribution in [1.29, 1.82) is 0 Å². The third-order valence-electron chi connectivity index (χ3n) is 3.92. The van der Waals surface area contributed by atoms with Crippen LogP contribution >= 0.6 is 0 Å². The Kier molecular flexibility index (Phi) is 5.24. The number of ether oxygens (including phenoxy) is 1. The summed E-state index contributed by atoms with van der Waals surface area (Å²) in [5.41, 5.74) is 0.809. The lowest BCUT2D eigenvalue weighted by Gasteiger charge is -2.19. The van der Waals surface area contributed by atoms with E-state index in [0.717, 1.165) is 18.5 Å². The fraction of sp³-hybridized carbons (Fsp3) is 0.600. The lowest BCUT2D eigenvalue weighted by Crippen LogP contribution is -2.29. The number of likely N-dealkylation sites (N-methyl/N-ethyl adjacent to an activating group) is 1. The predicted molar refractivity (Wildman–Crippen MR) is 83.2 cm³/mol. The Labute approximate surface area is 127 Å². The van der Waals surface area contributed by atoms with E-state index in [1.54, 1.807) is 23.5 Å². The molecule has 0 aliphatic carbocycles. The fourth-order valence-corrected chi connectivity index (χ4v) is 4.45. The van der Waals surface area contributed by atoms with E-state index in [4.69, 9.17) is 4.74 Å². The predicted octanol–water partition coefficient (Wildman–Crippen LogP) is 1.49. The van der Waals surface area contributed by atoms with Crippen LogP contribution < -0.4 is 10.1 Å². The number of hydrogen-bond donors (Lipinski definition) is 1. The molecular weight excluding hydrogens is 288 g/mol. The molecule has 0 spiro atoms. The molecule has 6 heteroatoms. The van der Waals surface area contributed by atoms with E-state index in [-0.39, 0.29) is 0 Å². The highest BCUT2D eigenvalue weighted by molar-refractivity contribution is 7.89. The van der Waals surface area contributed by atoms with E-state index in [2.05, 4.69) is 12.2 Å². The van der Waals surface area contributed by atoms with Gasteiger partial charge in [0, 0.05) is 13.1 Å². The minimum absolute atomic E-state index is 0.410. The summed E-state index contributed by atoms with van der Waals surface area (Å²) < 4.78 is 32.5. The Morgan fingerprint density at radius 2 is 2.19 bits per heavy atom.